The maximum atomic E-state index is 12.9. The van der Waals surface area contributed by atoms with Crippen molar-refractivity contribution in [1.29, 1.82) is 0 Å². The third-order valence-electron chi connectivity index (χ3n) is 15.7. The van der Waals surface area contributed by atoms with Gasteiger partial charge in [0, 0.05) is 63.8 Å². The lowest BCUT2D eigenvalue weighted by atomic mass is 9.76. The Hall–Kier alpha value is -6.94. The Morgan fingerprint density at radius 2 is 1.10 bits per heavy atom. The molecule has 2 aliphatic carbocycles. The zero-order valence-corrected chi connectivity index (χ0v) is 42.8. The van der Waals surface area contributed by atoms with Crippen LogP contribution in [0.15, 0.2) is 114 Å². The van der Waals surface area contributed by atoms with Gasteiger partial charge in [0.1, 0.15) is 0 Å². The number of aryl methyl sites for hydroxylation is 2. The molecule has 2 amide bonds. The Labute approximate surface area is 440 Å². The highest BCUT2D eigenvalue weighted by Crippen LogP contribution is 2.42. The molecule has 0 radical (unpaired) electrons. The van der Waals surface area contributed by atoms with Crippen molar-refractivity contribution < 1.29 is 50.6 Å². The van der Waals surface area contributed by atoms with E-state index < -0.39 is 40.4 Å². The monoisotopic (exact) mass is 1070 g/mol. The van der Waals surface area contributed by atoms with Gasteiger partial charge in [0.25, 0.3) is 0 Å². The Bertz CT molecular complexity index is 3210. The molecule has 77 heavy (non-hydrogen) atoms. The van der Waals surface area contributed by atoms with Gasteiger partial charge >= 0.3 is 18.1 Å². The number of alkyl halides is 6. The molecule has 0 unspecified atom stereocenters. The molecule has 410 valence electrons. The summed E-state index contributed by atoms with van der Waals surface area (Å²) in [6, 6.07) is 21.7. The normalized spacial score (nSPS) is 22.6. The summed E-state index contributed by atoms with van der Waals surface area (Å²) in [4.78, 5) is 45.5. The number of fused-ring (bicyclic) bond motifs is 2. The standard InChI is InChI=1S/C28H32F3N5O2.C28H31F3N4O4/c1-18(19-4-3-5-21(12-19)28(29,30)31)32-14-26(37)34-22-15-36(16-22)23-8-10-27(38,11-9-23)20-6-7-24-25(13-20)35(2)17-33-24;1-17(18-4-3-5-20(12-18)28(29,30)31)32-14-25(36)33-21-15-35(16-21)22-8-10-27(38,11-9-22)19-6-7-24-23(13-19)34(2)26(37)39-24/h3-7,12-13,17,22-23,32,38H,1,8-11,14-16H2,2H3,(H,34,37);3-7,12-13,21-22,32,38H,1,8-11,14-16H2,2H3,(H,33,36). The molecular formula is C56H63F6N9O6. The molecule has 21 heteroatoms. The van der Waals surface area contributed by atoms with Crippen LogP contribution < -0.4 is 27.0 Å². The largest absolute Gasteiger partial charge is 0.419 e. The van der Waals surface area contributed by atoms with Crippen molar-refractivity contribution in [2.24, 2.45) is 14.1 Å². The average molecular weight is 1070 g/mol. The van der Waals surface area contributed by atoms with Crippen LogP contribution in [-0.2, 0) is 47.2 Å². The lowest BCUT2D eigenvalue weighted by Gasteiger charge is -2.48. The van der Waals surface area contributed by atoms with Crippen LogP contribution >= 0.6 is 0 Å². The summed E-state index contributed by atoms with van der Waals surface area (Å²) in [7, 11) is 3.59. The van der Waals surface area contributed by atoms with Crippen LogP contribution in [0.5, 0.6) is 0 Å². The Morgan fingerprint density at radius 1 is 0.662 bits per heavy atom. The lowest BCUT2D eigenvalue weighted by molar-refractivity contribution is -0.138. The molecule has 0 bridgehead atoms. The van der Waals surface area contributed by atoms with E-state index in [9.17, 15) is 50.9 Å². The quantitative estimate of drug-likeness (QED) is 0.0612. The van der Waals surface area contributed by atoms with Gasteiger partial charge in [0.05, 0.1) is 70.4 Å². The van der Waals surface area contributed by atoms with Gasteiger partial charge in [-0.15, -0.1) is 0 Å². The summed E-state index contributed by atoms with van der Waals surface area (Å²) in [5.41, 5.74) is 2.51. The fourth-order valence-electron chi connectivity index (χ4n) is 11.0. The maximum absolute atomic E-state index is 12.9. The molecule has 2 saturated heterocycles. The van der Waals surface area contributed by atoms with Crippen LogP contribution in [0.1, 0.15) is 84.7 Å². The van der Waals surface area contributed by atoms with E-state index in [1.807, 2.05) is 41.9 Å². The number of rotatable bonds is 14. The number of benzene rings is 4. The van der Waals surface area contributed by atoms with E-state index in [1.54, 1.807) is 19.4 Å². The Balaban J connectivity index is 0.000000188. The van der Waals surface area contributed by atoms with Gasteiger partial charge in [-0.1, -0.05) is 49.6 Å². The highest BCUT2D eigenvalue weighted by atomic mass is 19.4. The Morgan fingerprint density at radius 3 is 1.56 bits per heavy atom. The van der Waals surface area contributed by atoms with Crippen LogP contribution in [0, 0.1) is 0 Å². The molecule has 4 heterocycles. The van der Waals surface area contributed by atoms with Crippen LogP contribution in [0.25, 0.3) is 33.5 Å². The van der Waals surface area contributed by atoms with Gasteiger partial charge < -0.3 is 40.5 Å². The zero-order valence-electron chi connectivity index (χ0n) is 42.8. The van der Waals surface area contributed by atoms with Crippen molar-refractivity contribution in [1.82, 2.24) is 45.2 Å². The summed E-state index contributed by atoms with van der Waals surface area (Å²) in [5.74, 6) is -0.921. The SMILES string of the molecule is C=C(NCC(=O)NC1CN(C2CCC(O)(c3ccc4ncn(C)c4c3)CC2)C1)c1cccc(C(F)(F)F)c1.C=C(NCC(=O)NC1CN(C2CCC(O)(c3ccc4oc(=O)n(C)c4c3)CC2)C1)c1cccc(C(F)(F)F)c1. The molecule has 2 aromatic heterocycles. The number of nitrogens with zero attached hydrogens (tertiary/aromatic N) is 5. The van der Waals surface area contributed by atoms with Crippen molar-refractivity contribution in [2.45, 2.75) is 99.1 Å². The highest BCUT2D eigenvalue weighted by Gasteiger charge is 2.42. The smallest absolute Gasteiger partial charge is 0.408 e. The number of imidazole rings is 1. The van der Waals surface area contributed by atoms with E-state index in [0.717, 1.165) is 85.2 Å². The van der Waals surface area contributed by atoms with E-state index in [4.69, 9.17) is 4.42 Å². The van der Waals surface area contributed by atoms with Gasteiger partial charge in [-0.2, -0.15) is 26.3 Å². The molecule has 4 fully saturated rings. The number of hydrogen-bond acceptors (Lipinski definition) is 11. The summed E-state index contributed by atoms with van der Waals surface area (Å²) >= 11 is 0. The topological polar surface area (TPSA) is 182 Å². The summed E-state index contributed by atoms with van der Waals surface area (Å²) in [6.07, 6.45) is -1.23. The molecule has 6 N–H and O–H groups in total. The van der Waals surface area contributed by atoms with E-state index in [0.29, 0.717) is 67.5 Å². The van der Waals surface area contributed by atoms with Gasteiger partial charge in [0.15, 0.2) is 5.58 Å². The minimum atomic E-state index is -4.45. The fraction of sp³-hybridized carbons (Fsp3) is 0.429. The van der Waals surface area contributed by atoms with Gasteiger partial charge in [0.2, 0.25) is 11.8 Å². The molecule has 2 aliphatic heterocycles. The van der Waals surface area contributed by atoms with E-state index in [2.05, 4.69) is 49.2 Å². The van der Waals surface area contributed by atoms with Crippen molar-refractivity contribution in [2.75, 3.05) is 39.3 Å². The van der Waals surface area contributed by atoms with Gasteiger partial charge in [-0.05, 0) is 122 Å². The maximum Gasteiger partial charge on any atom is 0.419 e. The number of carbonyl (C=O) groups is 2. The molecule has 10 rings (SSSR count). The third kappa shape index (κ3) is 12.4. The number of carbonyl (C=O) groups excluding carboxylic acids is 2. The van der Waals surface area contributed by atoms with Crippen LogP contribution in [0.4, 0.5) is 26.3 Å². The summed E-state index contributed by atoms with van der Waals surface area (Å²) in [5, 5.41) is 34.2. The second-order valence-corrected chi connectivity index (χ2v) is 21.0. The minimum Gasteiger partial charge on any atom is -0.408 e. The molecule has 2 saturated carbocycles. The number of nitrogens with one attached hydrogen (secondary N) is 4. The van der Waals surface area contributed by atoms with Crippen molar-refractivity contribution >= 4 is 45.3 Å². The van der Waals surface area contributed by atoms with Crippen molar-refractivity contribution in [3.8, 4) is 0 Å². The molecule has 4 aromatic carbocycles. The van der Waals surface area contributed by atoms with E-state index in [-0.39, 0.29) is 53.9 Å². The molecule has 0 spiro atoms. The van der Waals surface area contributed by atoms with Gasteiger partial charge in [-0.25, -0.2) is 9.78 Å². The van der Waals surface area contributed by atoms with Crippen LogP contribution in [0.3, 0.4) is 0 Å². The first kappa shape index (κ1) is 54.8. The first-order chi connectivity index (χ1) is 36.4. The predicted molar refractivity (Wildman–Crippen MR) is 278 cm³/mol. The first-order valence-electron chi connectivity index (χ1n) is 25.7. The number of amides is 2. The van der Waals surface area contributed by atoms with Crippen LogP contribution in [-0.4, -0.2) is 109 Å². The second kappa shape index (κ2) is 21.8. The highest BCUT2D eigenvalue weighted by molar-refractivity contribution is 5.81. The molecule has 0 atom stereocenters. The summed E-state index contributed by atoms with van der Waals surface area (Å²) < 4.78 is 86.2. The summed E-state index contributed by atoms with van der Waals surface area (Å²) in [6.45, 7) is 10.2. The first-order valence-corrected chi connectivity index (χ1v) is 25.7. The number of oxazole rings is 1. The van der Waals surface area contributed by atoms with Crippen LogP contribution in [0.2, 0.25) is 0 Å². The third-order valence-corrected chi connectivity index (χ3v) is 15.7. The number of hydrogen-bond donors (Lipinski definition) is 6. The molecule has 4 aliphatic rings. The average Bonchev–Trinajstić information content (AvgIpc) is 3.92. The lowest BCUT2D eigenvalue weighted by Crippen LogP contribution is -2.63. The number of halogens is 6. The molecule has 15 nitrogen and oxygen atoms in total. The molecular weight excluding hydrogens is 1010 g/mol. The fourth-order valence-corrected chi connectivity index (χ4v) is 11.0. The van der Waals surface area contributed by atoms with E-state index >= 15 is 0 Å². The van der Waals surface area contributed by atoms with Gasteiger partial charge in [-0.3, -0.25) is 24.0 Å². The Kier molecular flexibility index (Phi) is 15.5. The number of aromatic nitrogens is 3. The number of aliphatic hydroxyl groups is 2. The van der Waals surface area contributed by atoms with E-state index in [1.165, 1.54) is 28.8 Å². The molecule has 6 aromatic rings. The number of likely N-dealkylation sites (tertiary alicyclic amines) is 2. The van der Waals surface area contributed by atoms with Crippen molar-refractivity contribution in [3.63, 3.8) is 0 Å². The predicted octanol–water partition coefficient (Wildman–Crippen LogP) is 7.12. The van der Waals surface area contributed by atoms with Crippen molar-refractivity contribution in [3.05, 3.63) is 148 Å². The minimum absolute atomic E-state index is 0.00767. The second-order valence-electron chi connectivity index (χ2n) is 21.0. The zero-order chi connectivity index (χ0) is 55.0.